The summed E-state index contributed by atoms with van der Waals surface area (Å²) in [5.41, 5.74) is 9.21. The van der Waals surface area contributed by atoms with E-state index >= 15 is 0 Å². The van der Waals surface area contributed by atoms with Crippen LogP contribution in [-0.2, 0) is 10.0 Å². The molecular weight excluding hydrogens is 272 g/mol. The summed E-state index contributed by atoms with van der Waals surface area (Å²) in [6.45, 7) is 5.48. The predicted octanol–water partition coefficient (Wildman–Crippen LogP) is 2.99. The van der Waals surface area contributed by atoms with Gasteiger partial charge >= 0.3 is 0 Å². The molecule has 0 unspecified atom stereocenters. The first-order valence-electron chi connectivity index (χ1n) is 6.26. The van der Waals surface area contributed by atoms with Gasteiger partial charge in [-0.3, -0.25) is 4.72 Å². The van der Waals surface area contributed by atoms with Crippen molar-refractivity contribution in [1.82, 2.24) is 0 Å². The average Bonchev–Trinajstić information content (AvgIpc) is 2.36. The zero-order valence-electron chi connectivity index (χ0n) is 11.8. The molecule has 2 aromatic carbocycles. The molecule has 2 aromatic rings. The first kappa shape index (κ1) is 14.4. The minimum absolute atomic E-state index is 0.221. The average molecular weight is 290 g/mol. The Kier molecular flexibility index (Phi) is 3.72. The third-order valence-corrected chi connectivity index (χ3v) is 4.81. The van der Waals surface area contributed by atoms with Gasteiger partial charge in [0.1, 0.15) is 0 Å². The number of hydrogen-bond acceptors (Lipinski definition) is 3. The number of nitrogens with two attached hydrogens (primary N) is 1. The number of rotatable bonds is 3. The van der Waals surface area contributed by atoms with E-state index < -0.39 is 10.0 Å². The molecule has 0 aliphatic carbocycles. The van der Waals surface area contributed by atoms with Gasteiger partial charge in [0.25, 0.3) is 10.0 Å². The number of hydrogen-bond donors (Lipinski definition) is 2. The van der Waals surface area contributed by atoms with E-state index in [0.29, 0.717) is 16.9 Å². The van der Waals surface area contributed by atoms with Crippen LogP contribution in [0.2, 0.25) is 0 Å². The molecule has 3 N–H and O–H groups in total. The molecule has 0 amide bonds. The van der Waals surface area contributed by atoms with Crippen LogP contribution in [-0.4, -0.2) is 8.42 Å². The Labute approximate surface area is 119 Å². The first-order valence-corrected chi connectivity index (χ1v) is 7.75. The lowest BCUT2D eigenvalue weighted by atomic mass is 10.1. The van der Waals surface area contributed by atoms with Crippen LogP contribution in [0, 0.1) is 20.8 Å². The minimum atomic E-state index is -3.64. The van der Waals surface area contributed by atoms with Gasteiger partial charge in [-0.25, -0.2) is 8.42 Å². The summed E-state index contributed by atoms with van der Waals surface area (Å²) in [5.74, 6) is 0. The molecule has 106 valence electrons. The standard InChI is InChI=1S/C15H18N2O2S/c1-10-6-4-5-7-14(10)17-20(18,19)15-9-13(16)8-11(2)12(15)3/h4-9,17H,16H2,1-3H3. The molecule has 0 fully saturated rings. The lowest BCUT2D eigenvalue weighted by molar-refractivity contribution is 0.600. The number of aryl methyl sites for hydroxylation is 2. The van der Waals surface area contributed by atoms with E-state index in [9.17, 15) is 8.42 Å². The molecule has 0 heterocycles. The highest BCUT2D eigenvalue weighted by Gasteiger charge is 2.19. The molecule has 0 aliphatic heterocycles. The van der Waals surface area contributed by atoms with Gasteiger partial charge in [0, 0.05) is 5.69 Å². The highest BCUT2D eigenvalue weighted by atomic mass is 32.2. The van der Waals surface area contributed by atoms with Crippen molar-refractivity contribution in [2.75, 3.05) is 10.5 Å². The zero-order chi connectivity index (χ0) is 14.9. The number of nitrogens with one attached hydrogen (secondary N) is 1. The third kappa shape index (κ3) is 2.77. The fourth-order valence-electron chi connectivity index (χ4n) is 2.02. The summed E-state index contributed by atoms with van der Waals surface area (Å²) in [4.78, 5) is 0.221. The number of nitrogen functional groups attached to an aromatic ring is 1. The molecule has 2 rings (SSSR count). The van der Waals surface area contributed by atoms with E-state index in [1.807, 2.05) is 26.0 Å². The second kappa shape index (κ2) is 5.17. The van der Waals surface area contributed by atoms with Gasteiger partial charge in [-0.05, 0) is 55.7 Å². The highest BCUT2D eigenvalue weighted by molar-refractivity contribution is 7.92. The van der Waals surface area contributed by atoms with E-state index in [1.54, 1.807) is 25.1 Å². The Morgan fingerprint density at radius 1 is 1.00 bits per heavy atom. The summed E-state index contributed by atoms with van der Waals surface area (Å²) in [7, 11) is -3.64. The molecule has 4 nitrogen and oxygen atoms in total. The van der Waals surface area contributed by atoms with Crippen molar-refractivity contribution in [2.24, 2.45) is 0 Å². The molecule has 0 atom stereocenters. The van der Waals surface area contributed by atoms with Crippen LogP contribution in [0.3, 0.4) is 0 Å². The van der Waals surface area contributed by atoms with Gasteiger partial charge in [-0.1, -0.05) is 18.2 Å². The Morgan fingerprint density at radius 3 is 2.30 bits per heavy atom. The lowest BCUT2D eigenvalue weighted by Crippen LogP contribution is -2.15. The van der Waals surface area contributed by atoms with Gasteiger partial charge in [-0.2, -0.15) is 0 Å². The summed E-state index contributed by atoms with van der Waals surface area (Å²) in [6.07, 6.45) is 0. The molecule has 0 saturated carbocycles. The number of sulfonamides is 1. The normalized spacial score (nSPS) is 11.3. The predicted molar refractivity (Wildman–Crippen MR) is 82.3 cm³/mol. The van der Waals surface area contributed by atoms with Crippen molar-refractivity contribution in [2.45, 2.75) is 25.7 Å². The molecule has 0 spiro atoms. The second-order valence-corrected chi connectivity index (χ2v) is 6.53. The van der Waals surface area contributed by atoms with E-state index in [0.717, 1.165) is 11.1 Å². The van der Waals surface area contributed by atoms with E-state index in [4.69, 9.17) is 5.73 Å². The Morgan fingerprint density at radius 2 is 1.65 bits per heavy atom. The summed E-state index contributed by atoms with van der Waals surface area (Å²) < 4.78 is 27.6. The lowest BCUT2D eigenvalue weighted by Gasteiger charge is -2.14. The molecule has 0 aromatic heterocycles. The van der Waals surface area contributed by atoms with Crippen molar-refractivity contribution in [3.05, 3.63) is 53.1 Å². The highest BCUT2D eigenvalue weighted by Crippen LogP contribution is 2.25. The van der Waals surface area contributed by atoms with Gasteiger partial charge in [0.2, 0.25) is 0 Å². The first-order chi connectivity index (χ1) is 9.31. The van der Waals surface area contributed by atoms with Crippen LogP contribution < -0.4 is 10.5 Å². The molecular formula is C15H18N2O2S. The molecule has 0 radical (unpaired) electrons. The van der Waals surface area contributed by atoms with Crippen molar-refractivity contribution in [3.8, 4) is 0 Å². The van der Waals surface area contributed by atoms with Gasteiger partial charge in [0.15, 0.2) is 0 Å². The molecule has 0 aliphatic rings. The SMILES string of the molecule is Cc1ccccc1NS(=O)(=O)c1cc(N)cc(C)c1C. The Hall–Kier alpha value is -2.01. The Bertz CT molecular complexity index is 752. The van der Waals surface area contributed by atoms with Crippen LogP contribution in [0.15, 0.2) is 41.3 Å². The number of anilines is 2. The monoisotopic (exact) mass is 290 g/mol. The molecule has 0 saturated heterocycles. The van der Waals surface area contributed by atoms with Crippen molar-refractivity contribution in [3.63, 3.8) is 0 Å². The molecule has 0 bridgehead atoms. The fraction of sp³-hybridized carbons (Fsp3) is 0.200. The van der Waals surface area contributed by atoms with Crippen LogP contribution in [0.25, 0.3) is 0 Å². The maximum absolute atomic E-state index is 12.5. The number of benzene rings is 2. The van der Waals surface area contributed by atoms with Crippen LogP contribution in [0.4, 0.5) is 11.4 Å². The quantitative estimate of drug-likeness (QED) is 0.854. The molecule has 20 heavy (non-hydrogen) atoms. The van der Waals surface area contributed by atoms with E-state index in [2.05, 4.69) is 4.72 Å². The number of para-hydroxylation sites is 1. The topological polar surface area (TPSA) is 72.2 Å². The van der Waals surface area contributed by atoms with E-state index in [-0.39, 0.29) is 4.90 Å². The van der Waals surface area contributed by atoms with E-state index in [1.165, 1.54) is 6.07 Å². The second-order valence-electron chi connectivity index (χ2n) is 4.88. The van der Waals surface area contributed by atoms with Gasteiger partial charge < -0.3 is 5.73 Å². The minimum Gasteiger partial charge on any atom is -0.399 e. The van der Waals surface area contributed by atoms with Crippen LogP contribution in [0.5, 0.6) is 0 Å². The zero-order valence-corrected chi connectivity index (χ0v) is 12.6. The summed E-state index contributed by atoms with van der Waals surface area (Å²) >= 11 is 0. The van der Waals surface area contributed by atoms with Crippen molar-refractivity contribution < 1.29 is 8.42 Å². The Balaban J connectivity index is 2.49. The van der Waals surface area contributed by atoms with Crippen LogP contribution in [0.1, 0.15) is 16.7 Å². The smallest absolute Gasteiger partial charge is 0.262 e. The largest absolute Gasteiger partial charge is 0.399 e. The molecule has 5 heteroatoms. The maximum Gasteiger partial charge on any atom is 0.262 e. The summed E-state index contributed by atoms with van der Waals surface area (Å²) in [6, 6.07) is 10.5. The van der Waals surface area contributed by atoms with Gasteiger partial charge in [-0.15, -0.1) is 0 Å². The fourth-order valence-corrected chi connectivity index (χ4v) is 3.50. The maximum atomic E-state index is 12.5. The summed E-state index contributed by atoms with van der Waals surface area (Å²) in [5, 5.41) is 0. The van der Waals surface area contributed by atoms with Gasteiger partial charge in [0.05, 0.1) is 10.6 Å². The van der Waals surface area contributed by atoms with Crippen molar-refractivity contribution in [1.29, 1.82) is 0 Å². The van der Waals surface area contributed by atoms with Crippen LogP contribution >= 0.6 is 0 Å². The third-order valence-electron chi connectivity index (χ3n) is 3.32. The van der Waals surface area contributed by atoms with Crippen molar-refractivity contribution >= 4 is 21.4 Å².